The summed E-state index contributed by atoms with van der Waals surface area (Å²) in [5.41, 5.74) is 4.56. The zero-order valence-electron chi connectivity index (χ0n) is 41.1. The van der Waals surface area contributed by atoms with Gasteiger partial charge in [0.15, 0.2) is 0 Å². The fraction of sp³-hybridized carbons (Fsp3) is 0.600. The summed E-state index contributed by atoms with van der Waals surface area (Å²) in [6.45, 7) is 4.57. The molecule has 2 aliphatic rings. The highest BCUT2D eigenvalue weighted by Gasteiger charge is 2.34. The van der Waals surface area contributed by atoms with E-state index in [-0.39, 0.29) is 23.6 Å². The molecule has 356 valence electrons. The molecule has 0 atom stereocenters. The van der Waals surface area contributed by atoms with Gasteiger partial charge < -0.3 is 0 Å². The van der Waals surface area contributed by atoms with Crippen molar-refractivity contribution in [2.75, 3.05) is 0 Å². The Hall–Kier alpha value is -4.32. The first-order valence-corrected chi connectivity index (χ1v) is 27.4. The van der Waals surface area contributed by atoms with Crippen LogP contribution in [0.2, 0.25) is 0 Å². The number of carbonyl (C=O) groups is 4. The average molecular weight is 895 g/mol. The monoisotopic (exact) mass is 895 g/mol. The van der Waals surface area contributed by atoms with Crippen molar-refractivity contribution in [1.29, 1.82) is 0 Å². The molecule has 6 nitrogen and oxygen atoms in total. The molecule has 0 saturated carbocycles. The summed E-state index contributed by atoms with van der Waals surface area (Å²) in [6, 6.07) is 11.6. The highest BCUT2D eigenvalue weighted by Crippen LogP contribution is 2.48. The van der Waals surface area contributed by atoms with Crippen LogP contribution in [0.5, 0.6) is 0 Å². The van der Waals surface area contributed by atoms with Gasteiger partial charge in [-0.1, -0.05) is 225 Å². The minimum Gasteiger partial charge on any atom is -0.288 e. The van der Waals surface area contributed by atoms with Gasteiger partial charge in [0.2, 0.25) is 0 Å². The molecule has 0 fully saturated rings. The van der Waals surface area contributed by atoms with Crippen molar-refractivity contribution in [2.45, 2.75) is 232 Å². The Balaban J connectivity index is 1.05. The number of imide groups is 2. The van der Waals surface area contributed by atoms with Crippen LogP contribution in [-0.4, -0.2) is 23.6 Å². The third-order valence-electron chi connectivity index (χ3n) is 15.4. The first-order chi connectivity index (χ1) is 32.5. The molecule has 0 saturated heterocycles. The summed E-state index contributed by atoms with van der Waals surface area (Å²) >= 11 is 0. The molecular formula is C60H82N2O4. The Morgan fingerprint density at radius 1 is 0.288 bits per heavy atom. The summed E-state index contributed by atoms with van der Waals surface area (Å²) in [7, 11) is 0. The van der Waals surface area contributed by atoms with Crippen molar-refractivity contribution < 1.29 is 19.2 Å². The Morgan fingerprint density at radius 3 is 1.02 bits per heavy atom. The van der Waals surface area contributed by atoms with Crippen LogP contribution in [0.1, 0.15) is 272 Å². The summed E-state index contributed by atoms with van der Waals surface area (Å²) < 4.78 is 0. The number of nitrogens with one attached hydrogen (secondary N) is 2. The third kappa shape index (κ3) is 12.0. The van der Waals surface area contributed by atoms with Crippen molar-refractivity contribution >= 4 is 66.7 Å². The van der Waals surface area contributed by atoms with E-state index in [0.29, 0.717) is 27.6 Å². The van der Waals surface area contributed by atoms with Crippen molar-refractivity contribution in [2.24, 2.45) is 0 Å². The molecule has 2 heterocycles. The van der Waals surface area contributed by atoms with E-state index in [1.807, 2.05) is 30.3 Å². The zero-order chi connectivity index (χ0) is 46.1. The maximum atomic E-state index is 14.2. The summed E-state index contributed by atoms with van der Waals surface area (Å²) in [5, 5.41) is 12.7. The highest BCUT2D eigenvalue weighted by molar-refractivity contribution is 6.42. The first-order valence-electron chi connectivity index (χ1n) is 27.4. The van der Waals surface area contributed by atoms with Gasteiger partial charge in [0.25, 0.3) is 23.6 Å². The number of hydrogen-bond acceptors (Lipinski definition) is 4. The SMILES string of the molecule is CCCCCCCCCCCCCCCCCCc1c2c3c(ccc4c5ccc6c7c(ccc(c(c1CCCCCCCCCCCCCCCCCC)c34)c75)C(=O)NC6=O)C(=O)NC2=O. The molecular weight excluding hydrogens is 813 g/mol. The van der Waals surface area contributed by atoms with Gasteiger partial charge in [-0.15, -0.1) is 0 Å². The van der Waals surface area contributed by atoms with Crippen LogP contribution in [0.15, 0.2) is 36.4 Å². The molecule has 5 aromatic carbocycles. The Labute approximate surface area is 396 Å². The van der Waals surface area contributed by atoms with E-state index in [2.05, 4.69) is 30.5 Å². The van der Waals surface area contributed by atoms with Crippen LogP contribution < -0.4 is 10.6 Å². The van der Waals surface area contributed by atoms with E-state index in [1.165, 1.54) is 185 Å². The lowest BCUT2D eigenvalue weighted by Gasteiger charge is -2.28. The van der Waals surface area contributed by atoms with Crippen molar-refractivity contribution in [3.63, 3.8) is 0 Å². The van der Waals surface area contributed by atoms with Crippen LogP contribution >= 0.6 is 0 Å². The molecule has 0 aliphatic carbocycles. The topological polar surface area (TPSA) is 92.3 Å². The molecule has 7 rings (SSSR count). The Kier molecular flexibility index (Phi) is 19.3. The number of hydrogen-bond donors (Lipinski definition) is 2. The van der Waals surface area contributed by atoms with Crippen LogP contribution in [0.3, 0.4) is 0 Å². The minimum atomic E-state index is -0.368. The Bertz CT molecular complexity index is 2390. The van der Waals surface area contributed by atoms with Gasteiger partial charge >= 0.3 is 0 Å². The van der Waals surface area contributed by atoms with E-state index in [0.717, 1.165) is 81.8 Å². The smallest absolute Gasteiger partial charge is 0.259 e. The number of aryl methyl sites for hydroxylation is 1. The van der Waals surface area contributed by atoms with Crippen LogP contribution in [0, 0.1) is 0 Å². The van der Waals surface area contributed by atoms with Gasteiger partial charge in [0.1, 0.15) is 0 Å². The summed E-state index contributed by atoms with van der Waals surface area (Å²) in [6.07, 6.45) is 43.6. The lowest BCUT2D eigenvalue weighted by atomic mass is 9.77. The zero-order valence-corrected chi connectivity index (χ0v) is 41.1. The molecule has 2 aliphatic heterocycles. The largest absolute Gasteiger partial charge is 0.288 e. The summed E-state index contributed by atoms with van der Waals surface area (Å²) in [5.74, 6) is -1.37. The van der Waals surface area contributed by atoms with Crippen molar-refractivity contribution in [3.05, 3.63) is 69.8 Å². The van der Waals surface area contributed by atoms with Gasteiger partial charge in [0, 0.05) is 27.5 Å². The van der Waals surface area contributed by atoms with E-state index in [9.17, 15) is 19.2 Å². The predicted molar refractivity (Wildman–Crippen MR) is 278 cm³/mol. The molecule has 0 spiro atoms. The molecule has 5 aromatic rings. The van der Waals surface area contributed by atoms with Crippen LogP contribution in [-0.2, 0) is 12.8 Å². The van der Waals surface area contributed by atoms with E-state index < -0.39 is 0 Å². The minimum absolute atomic E-state index is 0.283. The first kappa shape index (κ1) is 49.6. The highest BCUT2D eigenvalue weighted by atomic mass is 16.2. The van der Waals surface area contributed by atoms with E-state index >= 15 is 0 Å². The number of rotatable bonds is 34. The quantitative estimate of drug-likeness (QED) is 0.0186. The number of amides is 4. The van der Waals surface area contributed by atoms with E-state index in [1.54, 1.807) is 0 Å². The fourth-order valence-corrected chi connectivity index (χ4v) is 11.7. The van der Waals surface area contributed by atoms with Crippen molar-refractivity contribution in [3.8, 4) is 0 Å². The maximum absolute atomic E-state index is 14.2. The standard InChI is InChI=1S/C60H82N2O4/c1-3-5-7-9-11-13-15-17-19-21-23-25-27-29-31-33-35-43-44(36-34-32-30-28-26-24-22-20-18-16-14-12-10-8-6-4-2)56-55-50(59(65)62-60(56)66)41-38-46-45-37-40-48-53-49(58(64)61-57(48)63)42-39-47(51(45)53)52(43)54(46)55/h37-42H,3-36H2,1-2H3,(H,61,63,64)(H,62,65,66). The number of fused-ring (bicyclic) bond motifs is 2. The lowest BCUT2D eigenvalue weighted by molar-refractivity contribution is 0.0828. The Morgan fingerprint density at radius 2 is 0.606 bits per heavy atom. The number of benzene rings is 5. The average Bonchev–Trinajstić information content (AvgIpc) is 3.31. The molecule has 2 N–H and O–H groups in total. The molecule has 6 heteroatoms. The van der Waals surface area contributed by atoms with Gasteiger partial charge in [-0.05, 0) is 87.3 Å². The normalized spacial score (nSPS) is 13.6. The van der Waals surface area contributed by atoms with Crippen molar-refractivity contribution in [1.82, 2.24) is 10.6 Å². The molecule has 66 heavy (non-hydrogen) atoms. The lowest BCUT2D eigenvalue weighted by Crippen LogP contribution is -2.36. The second kappa shape index (κ2) is 25.7. The third-order valence-corrected chi connectivity index (χ3v) is 15.4. The van der Waals surface area contributed by atoms with Gasteiger partial charge in [0.05, 0.1) is 5.56 Å². The summed E-state index contributed by atoms with van der Waals surface area (Å²) in [4.78, 5) is 54.3. The second-order valence-corrected chi connectivity index (χ2v) is 20.4. The van der Waals surface area contributed by atoms with Gasteiger partial charge in [-0.3, -0.25) is 29.8 Å². The van der Waals surface area contributed by atoms with Crippen LogP contribution in [0.4, 0.5) is 0 Å². The molecule has 0 bridgehead atoms. The number of unbranched alkanes of at least 4 members (excludes halogenated alkanes) is 30. The molecule has 4 amide bonds. The number of carbonyl (C=O) groups excluding carboxylic acids is 4. The maximum Gasteiger partial charge on any atom is 0.259 e. The molecule has 0 unspecified atom stereocenters. The van der Waals surface area contributed by atoms with Gasteiger partial charge in [-0.2, -0.15) is 0 Å². The second-order valence-electron chi connectivity index (χ2n) is 20.4. The van der Waals surface area contributed by atoms with E-state index in [4.69, 9.17) is 0 Å². The predicted octanol–water partition coefficient (Wildman–Crippen LogP) is 17.1. The van der Waals surface area contributed by atoms with Gasteiger partial charge in [-0.25, -0.2) is 0 Å². The molecule has 0 aromatic heterocycles. The van der Waals surface area contributed by atoms with Crippen LogP contribution in [0.25, 0.3) is 43.1 Å². The molecule has 0 radical (unpaired) electrons. The fourth-order valence-electron chi connectivity index (χ4n) is 11.7.